The van der Waals surface area contributed by atoms with Gasteiger partial charge in [0.2, 0.25) is 0 Å². The first-order valence-corrected chi connectivity index (χ1v) is 17.5. The molecule has 0 aliphatic heterocycles. The van der Waals surface area contributed by atoms with Crippen LogP contribution < -0.4 is 0 Å². The van der Waals surface area contributed by atoms with Crippen LogP contribution in [-0.2, 0) is 13.5 Å². The van der Waals surface area contributed by atoms with Crippen molar-refractivity contribution in [2.45, 2.75) is 113 Å². The molecule has 3 rings (SSSR count). The zero-order valence-electron chi connectivity index (χ0n) is 14.5. The van der Waals surface area contributed by atoms with Gasteiger partial charge in [-0.15, -0.1) is 0 Å². The van der Waals surface area contributed by atoms with Crippen molar-refractivity contribution in [1.82, 2.24) is 0 Å². The van der Waals surface area contributed by atoms with Crippen LogP contribution in [-0.4, -0.2) is 21.3 Å². The quantitative estimate of drug-likeness (QED) is 0.295. The molecule has 23 heavy (non-hydrogen) atoms. The van der Waals surface area contributed by atoms with Crippen molar-refractivity contribution in [3.05, 3.63) is 0 Å². The number of hydrogen-bond donors (Lipinski definition) is 0. The van der Waals surface area contributed by atoms with E-state index in [1.807, 2.05) is 0 Å². The molecule has 4 heteroatoms. The van der Waals surface area contributed by atoms with Crippen molar-refractivity contribution in [2.24, 2.45) is 0 Å². The van der Waals surface area contributed by atoms with Crippen LogP contribution in [0.3, 0.4) is 0 Å². The predicted octanol–water partition coefficient (Wildman–Crippen LogP) is 7.69. The minimum absolute atomic E-state index is 0.996. The van der Waals surface area contributed by atoms with Gasteiger partial charge in [-0.25, -0.2) is 0 Å². The van der Waals surface area contributed by atoms with E-state index < -0.39 is 20.8 Å². The molecule has 0 amide bonds. The zero-order valence-corrected chi connectivity index (χ0v) is 18.6. The van der Waals surface area contributed by atoms with E-state index in [1.54, 1.807) is 0 Å². The molecular formula is C19H34Cl2PRu+. The molecule has 0 bridgehead atoms. The van der Waals surface area contributed by atoms with Crippen LogP contribution >= 0.6 is 26.6 Å². The molecule has 136 valence electrons. The van der Waals surface area contributed by atoms with Gasteiger partial charge in [-0.05, 0) is 0 Å². The monoisotopic (exact) mass is 465 g/mol. The van der Waals surface area contributed by atoms with Crippen LogP contribution in [0.25, 0.3) is 0 Å². The van der Waals surface area contributed by atoms with E-state index in [4.69, 9.17) is 19.4 Å². The first-order chi connectivity index (χ1) is 11.2. The molecule has 0 aromatic carbocycles. The SMILES string of the molecule is [Cl][Ru]([Cl])=[CH][P+](C1CCCCC1)(C1CCCCC1)C1CCCCC1. The third-order valence-corrected chi connectivity index (χ3v) is 18.4. The molecule has 3 fully saturated rings. The van der Waals surface area contributed by atoms with Crippen molar-refractivity contribution < 1.29 is 13.5 Å². The Balaban J connectivity index is 1.97. The Labute approximate surface area is 157 Å². The average Bonchev–Trinajstić information content (AvgIpc) is 2.62. The fourth-order valence-corrected chi connectivity index (χ4v) is 21.4. The molecule has 0 aromatic heterocycles. The Morgan fingerprint density at radius 1 is 0.565 bits per heavy atom. The van der Waals surface area contributed by atoms with Gasteiger partial charge in [0.15, 0.2) is 0 Å². The molecule has 0 aromatic rings. The molecule has 0 N–H and O–H groups in total. The Hall–Kier alpha value is 1.50. The molecule has 0 radical (unpaired) electrons. The van der Waals surface area contributed by atoms with Crippen molar-refractivity contribution >= 4 is 31.0 Å². The summed E-state index contributed by atoms with van der Waals surface area (Å²) in [7, 11) is 12.1. The van der Waals surface area contributed by atoms with Gasteiger partial charge < -0.3 is 0 Å². The predicted molar refractivity (Wildman–Crippen MR) is 105 cm³/mol. The Bertz CT molecular complexity index is 345. The third-order valence-electron chi connectivity index (χ3n) is 6.85. The summed E-state index contributed by atoms with van der Waals surface area (Å²) in [6.45, 7) is 0. The van der Waals surface area contributed by atoms with Gasteiger partial charge in [0.25, 0.3) is 0 Å². The maximum absolute atomic E-state index is 6.60. The second-order valence-electron chi connectivity index (χ2n) is 8.07. The van der Waals surface area contributed by atoms with Crippen LogP contribution in [0.4, 0.5) is 0 Å². The normalized spacial score (nSPS) is 27.0. The summed E-state index contributed by atoms with van der Waals surface area (Å²) in [5.41, 5.74) is 2.99. The van der Waals surface area contributed by atoms with Crippen LogP contribution in [0.2, 0.25) is 0 Å². The molecule has 3 saturated carbocycles. The summed E-state index contributed by atoms with van der Waals surface area (Å²) in [4.78, 5) is 0. The number of hydrogen-bond acceptors (Lipinski definition) is 0. The molecule has 0 unspecified atom stereocenters. The van der Waals surface area contributed by atoms with Gasteiger partial charge in [0.05, 0.1) is 0 Å². The van der Waals surface area contributed by atoms with Crippen LogP contribution in [0.5, 0.6) is 0 Å². The van der Waals surface area contributed by atoms with E-state index in [0.29, 0.717) is 0 Å². The van der Waals surface area contributed by atoms with Crippen LogP contribution in [0, 0.1) is 0 Å². The topological polar surface area (TPSA) is 0 Å². The van der Waals surface area contributed by atoms with Crippen molar-refractivity contribution in [3.8, 4) is 0 Å². The Morgan fingerprint density at radius 3 is 1.13 bits per heavy atom. The summed E-state index contributed by atoms with van der Waals surface area (Å²) in [6, 6.07) is 0. The fraction of sp³-hybridized carbons (Fsp3) is 0.947. The van der Waals surface area contributed by atoms with Crippen molar-refractivity contribution in [2.75, 3.05) is 0 Å². The molecule has 0 nitrogen and oxygen atoms in total. The van der Waals surface area contributed by atoms with Crippen molar-refractivity contribution in [1.29, 1.82) is 0 Å². The second-order valence-corrected chi connectivity index (χ2v) is 18.8. The molecule has 0 saturated heterocycles. The van der Waals surface area contributed by atoms with E-state index >= 15 is 0 Å². The molecular weight excluding hydrogens is 431 g/mol. The van der Waals surface area contributed by atoms with Crippen LogP contribution in [0.15, 0.2) is 0 Å². The van der Waals surface area contributed by atoms with Crippen LogP contribution in [0.1, 0.15) is 96.3 Å². The molecule has 3 aliphatic carbocycles. The molecule has 0 heterocycles. The summed E-state index contributed by atoms with van der Waals surface area (Å²) < 4.78 is 2.71. The molecule has 0 spiro atoms. The zero-order chi connectivity index (χ0) is 16.1. The van der Waals surface area contributed by atoms with E-state index in [0.717, 1.165) is 17.0 Å². The first-order valence-electron chi connectivity index (χ1n) is 9.95. The fourth-order valence-electron chi connectivity index (χ4n) is 5.82. The van der Waals surface area contributed by atoms with E-state index in [-0.39, 0.29) is 0 Å². The summed E-state index contributed by atoms with van der Waals surface area (Å²) in [5, 5.41) is 0. The van der Waals surface area contributed by atoms with Gasteiger partial charge in [-0.2, -0.15) is 0 Å². The standard InChI is InChI=1S/C19H34P.2ClH.Ru/c1-20(17-11-5-2-6-12-17,18-13-7-3-8-14-18)19-15-9-4-10-16-19;;;/h1,17-19H,2-16H2;2*1H;/q+1;;;+2/p-2. The third kappa shape index (κ3) is 4.62. The molecule has 3 aliphatic rings. The van der Waals surface area contributed by atoms with Crippen molar-refractivity contribution in [3.63, 3.8) is 0 Å². The first kappa shape index (κ1) is 19.3. The maximum atomic E-state index is 6.60. The van der Waals surface area contributed by atoms with Gasteiger partial charge in [0.1, 0.15) is 0 Å². The van der Waals surface area contributed by atoms with Gasteiger partial charge in [-0.1, -0.05) is 0 Å². The Morgan fingerprint density at radius 2 is 0.870 bits per heavy atom. The van der Waals surface area contributed by atoms with Gasteiger partial charge in [-0.3, -0.25) is 0 Å². The second kappa shape index (κ2) is 9.44. The summed E-state index contributed by atoms with van der Waals surface area (Å²) in [5.74, 6) is 0. The van der Waals surface area contributed by atoms with Gasteiger partial charge >= 0.3 is 158 Å². The average molecular weight is 465 g/mol. The molecule has 0 atom stereocenters. The summed E-state index contributed by atoms with van der Waals surface area (Å²) >= 11 is -1.68. The van der Waals surface area contributed by atoms with E-state index in [2.05, 4.69) is 4.35 Å². The van der Waals surface area contributed by atoms with Gasteiger partial charge in [0, 0.05) is 0 Å². The summed E-state index contributed by atoms with van der Waals surface area (Å²) in [6.07, 6.45) is 22.2. The van der Waals surface area contributed by atoms with E-state index in [1.165, 1.54) is 96.3 Å². The minimum atomic E-state index is -1.68. The number of halogens is 2. The number of rotatable bonds is 4. The Kier molecular flexibility index (Phi) is 7.91. The van der Waals surface area contributed by atoms with E-state index in [9.17, 15) is 0 Å².